The fraction of sp³-hybridized carbons (Fsp3) is 0.818. The normalized spacial score (nSPS) is 13.8. The molecule has 2 nitrogen and oxygen atoms in total. The third kappa shape index (κ3) is 2.72. The first-order chi connectivity index (χ1) is 6.20. The lowest BCUT2D eigenvalue weighted by Crippen LogP contribution is -2.50. The smallest absolute Gasteiger partial charge is 0.0980 e. The van der Waals surface area contributed by atoms with Gasteiger partial charge in [-0.25, -0.2) is 0 Å². The van der Waals surface area contributed by atoms with Crippen molar-refractivity contribution in [1.82, 2.24) is 5.32 Å². The lowest BCUT2D eigenvalue weighted by atomic mass is 9.88. The van der Waals surface area contributed by atoms with Crippen molar-refractivity contribution in [2.75, 3.05) is 13.7 Å². The summed E-state index contributed by atoms with van der Waals surface area (Å²) in [7, 11) is 1.73. The van der Waals surface area contributed by atoms with Crippen LogP contribution >= 0.6 is 0 Å². The van der Waals surface area contributed by atoms with Gasteiger partial charge in [0.05, 0.1) is 11.6 Å². The van der Waals surface area contributed by atoms with Gasteiger partial charge in [0.1, 0.15) is 0 Å². The number of rotatable bonds is 6. The molecule has 2 heteroatoms. The Labute approximate surface area is 82.1 Å². The van der Waals surface area contributed by atoms with E-state index in [1.54, 1.807) is 7.11 Å². The number of likely N-dealkylation sites (N-methyl/N-ethyl adjacent to an activating group) is 1. The van der Waals surface area contributed by atoms with Crippen LogP contribution < -0.4 is 5.32 Å². The highest BCUT2D eigenvalue weighted by molar-refractivity contribution is 5.09. The minimum Gasteiger partial charge on any atom is -0.376 e. The Morgan fingerprint density at radius 3 is 2.15 bits per heavy atom. The van der Waals surface area contributed by atoms with Crippen molar-refractivity contribution in [3.63, 3.8) is 0 Å². The van der Waals surface area contributed by atoms with E-state index in [-0.39, 0.29) is 11.6 Å². The number of ether oxygens (including phenoxy) is 1. The molecule has 1 N–H and O–H groups in total. The minimum atomic E-state index is -0.204. The summed E-state index contributed by atoms with van der Waals surface area (Å²) in [6.45, 7) is 7.14. The Bertz CT molecular complexity index is 159. The molecule has 13 heavy (non-hydrogen) atoms. The second kappa shape index (κ2) is 6.01. The first-order valence-corrected chi connectivity index (χ1v) is 4.95. The van der Waals surface area contributed by atoms with Crippen molar-refractivity contribution >= 4 is 0 Å². The average Bonchev–Trinajstić information content (AvgIpc) is 2.19. The quantitative estimate of drug-likeness (QED) is 0.634. The highest BCUT2D eigenvalue weighted by atomic mass is 16.5. The molecule has 0 aliphatic rings. The molecule has 0 saturated heterocycles. The second-order valence-corrected chi connectivity index (χ2v) is 3.13. The molecule has 0 heterocycles. The molecule has 0 spiro atoms. The molecule has 0 aromatic rings. The van der Waals surface area contributed by atoms with Gasteiger partial charge in [-0.3, -0.25) is 0 Å². The van der Waals surface area contributed by atoms with Crippen molar-refractivity contribution in [1.29, 1.82) is 0 Å². The summed E-state index contributed by atoms with van der Waals surface area (Å²) in [5.41, 5.74) is -0.204. The lowest BCUT2D eigenvalue weighted by Gasteiger charge is -2.35. The zero-order valence-corrected chi connectivity index (χ0v) is 9.18. The van der Waals surface area contributed by atoms with Crippen LogP contribution in [0.15, 0.2) is 0 Å². The van der Waals surface area contributed by atoms with E-state index in [9.17, 15) is 0 Å². The van der Waals surface area contributed by atoms with Crippen LogP contribution in [0.4, 0.5) is 0 Å². The molecule has 0 bridgehead atoms. The zero-order chi connectivity index (χ0) is 10.3. The van der Waals surface area contributed by atoms with E-state index < -0.39 is 0 Å². The molecule has 0 amide bonds. The largest absolute Gasteiger partial charge is 0.376 e. The van der Waals surface area contributed by atoms with Crippen LogP contribution in [0.2, 0.25) is 0 Å². The van der Waals surface area contributed by atoms with Gasteiger partial charge in [0, 0.05) is 7.11 Å². The van der Waals surface area contributed by atoms with Gasteiger partial charge in [-0.05, 0) is 19.4 Å². The highest BCUT2D eigenvalue weighted by Crippen LogP contribution is 2.23. The molecule has 1 atom stereocenters. The van der Waals surface area contributed by atoms with Gasteiger partial charge in [0.2, 0.25) is 0 Å². The summed E-state index contributed by atoms with van der Waals surface area (Å²) >= 11 is 0. The maximum absolute atomic E-state index is 5.54. The number of methoxy groups -OCH3 is 1. The van der Waals surface area contributed by atoms with E-state index in [1.807, 2.05) is 0 Å². The number of hydrogen-bond donors (Lipinski definition) is 1. The SMILES string of the molecule is C#CC(NCC)C(CC)(CC)OC. The molecule has 0 fully saturated rings. The average molecular weight is 183 g/mol. The van der Waals surface area contributed by atoms with E-state index in [0.29, 0.717) is 0 Å². The molecule has 0 rings (SSSR count). The van der Waals surface area contributed by atoms with Crippen LogP contribution in [0.25, 0.3) is 0 Å². The summed E-state index contributed by atoms with van der Waals surface area (Å²) in [5.74, 6) is 2.76. The third-order valence-electron chi connectivity index (χ3n) is 2.70. The third-order valence-corrected chi connectivity index (χ3v) is 2.70. The summed E-state index contributed by atoms with van der Waals surface area (Å²) in [4.78, 5) is 0. The van der Waals surface area contributed by atoms with E-state index in [0.717, 1.165) is 19.4 Å². The maximum atomic E-state index is 5.54. The van der Waals surface area contributed by atoms with E-state index in [4.69, 9.17) is 11.2 Å². The van der Waals surface area contributed by atoms with Crippen LogP contribution in [0, 0.1) is 12.3 Å². The van der Waals surface area contributed by atoms with Gasteiger partial charge < -0.3 is 10.1 Å². The number of hydrogen-bond acceptors (Lipinski definition) is 2. The lowest BCUT2D eigenvalue weighted by molar-refractivity contribution is -0.0324. The van der Waals surface area contributed by atoms with Gasteiger partial charge in [0.15, 0.2) is 0 Å². The van der Waals surface area contributed by atoms with Gasteiger partial charge in [0.25, 0.3) is 0 Å². The van der Waals surface area contributed by atoms with Crippen molar-refractivity contribution in [2.45, 2.75) is 45.3 Å². The molecule has 0 saturated carbocycles. The van der Waals surface area contributed by atoms with Crippen molar-refractivity contribution in [3.8, 4) is 12.3 Å². The monoisotopic (exact) mass is 183 g/mol. The standard InChI is InChI=1S/C11H21NO/c1-6-10(12-9-4)11(7-2,8-3)13-5/h1,10,12H,7-9H2,2-5H3. The van der Waals surface area contributed by atoms with Crippen molar-refractivity contribution in [3.05, 3.63) is 0 Å². The van der Waals surface area contributed by atoms with Crippen LogP contribution in [-0.2, 0) is 4.74 Å². The van der Waals surface area contributed by atoms with Gasteiger partial charge in [-0.2, -0.15) is 0 Å². The van der Waals surface area contributed by atoms with Crippen molar-refractivity contribution < 1.29 is 4.74 Å². The first-order valence-electron chi connectivity index (χ1n) is 4.95. The van der Waals surface area contributed by atoms with Crippen LogP contribution in [0.3, 0.4) is 0 Å². The Morgan fingerprint density at radius 1 is 1.38 bits per heavy atom. The van der Waals surface area contributed by atoms with Crippen LogP contribution in [-0.4, -0.2) is 25.3 Å². The molecule has 0 aliphatic heterocycles. The predicted octanol–water partition coefficient (Wildman–Crippen LogP) is 1.80. The molecular formula is C11H21NO. The molecule has 0 radical (unpaired) electrons. The van der Waals surface area contributed by atoms with Gasteiger partial charge in [-0.15, -0.1) is 6.42 Å². The Hall–Kier alpha value is -0.520. The maximum Gasteiger partial charge on any atom is 0.0980 e. The number of nitrogens with one attached hydrogen (secondary N) is 1. The highest BCUT2D eigenvalue weighted by Gasteiger charge is 2.33. The Kier molecular flexibility index (Phi) is 5.77. The Balaban J connectivity index is 4.57. The topological polar surface area (TPSA) is 21.3 Å². The molecular weight excluding hydrogens is 162 g/mol. The predicted molar refractivity (Wildman–Crippen MR) is 56.6 cm³/mol. The van der Waals surface area contributed by atoms with Crippen LogP contribution in [0.5, 0.6) is 0 Å². The van der Waals surface area contributed by atoms with Crippen LogP contribution in [0.1, 0.15) is 33.6 Å². The second-order valence-electron chi connectivity index (χ2n) is 3.13. The van der Waals surface area contributed by atoms with Gasteiger partial charge >= 0.3 is 0 Å². The summed E-state index contributed by atoms with van der Waals surface area (Å²) in [6.07, 6.45) is 7.34. The fourth-order valence-corrected chi connectivity index (χ4v) is 1.67. The molecule has 0 aromatic carbocycles. The van der Waals surface area contributed by atoms with E-state index in [1.165, 1.54) is 0 Å². The fourth-order valence-electron chi connectivity index (χ4n) is 1.67. The minimum absolute atomic E-state index is 0.0116. The van der Waals surface area contributed by atoms with Gasteiger partial charge in [-0.1, -0.05) is 26.7 Å². The van der Waals surface area contributed by atoms with E-state index in [2.05, 4.69) is 32.0 Å². The molecule has 1 unspecified atom stereocenters. The zero-order valence-electron chi connectivity index (χ0n) is 9.18. The summed E-state index contributed by atoms with van der Waals surface area (Å²) in [6, 6.07) is 0.0116. The molecule has 0 aliphatic carbocycles. The van der Waals surface area contributed by atoms with Crippen molar-refractivity contribution in [2.24, 2.45) is 0 Å². The van der Waals surface area contributed by atoms with E-state index >= 15 is 0 Å². The summed E-state index contributed by atoms with van der Waals surface area (Å²) in [5, 5.41) is 3.26. The Morgan fingerprint density at radius 2 is 1.92 bits per heavy atom. The first kappa shape index (κ1) is 12.5. The number of terminal acetylenes is 1. The summed E-state index contributed by atoms with van der Waals surface area (Å²) < 4.78 is 5.54. The molecule has 0 aromatic heterocycles. The molecule has 76 valence electrons.